The minimum Gasteiger partial charge on any atom is -0.301 e. The lowest BCUT2D eigenvalue weighted by Gasteiger charge is -2.48. The highest BCUT2D eigenvalue weighted by Crippen LogP contribution is 2.28. The lowest BCUT2D eigenvalue weighted by atomic mass is 9.89. The van der Waals surface area contributed by atoms with Crippen LogP contribution in [0.15, 0.2) is 0 Å². The molecule has 2 heterocycles. The average molecular weight is 338 g/mol. The molecular formula is C21H43N3. The van der Waals surface area contributed by atoms with E-state index in [1.807, 2.05) is 0 Å². The summed E-state index contributed by atoms with van der Waals surface area (Å²) in [4.78, 5) is 7.92. The van der Waals surface area contributed by atoms with Gasteiger partial charge in [-0.15, -0.1) is 0 Å². The van der Waals surface area contributed by atoms with Crippen molar-refractivity contribution in [2.45, 2.75) is 97.8 Å². The normalized spacial score (nSPS) is 28.8. The number of nitrogens with zero attached hydrogens (tertiary/aromatic N) is 3. The predicted octanol–water partition coefficient (Wildman–Crippen LogP) is 4.08. The van der Waals surface area contributed by atoms with E-state index >= 15 is 0 Å². The summed E-state index contributed by atoms with van der Waals surface area (Å²) < 4.78 is 0. The van der Waals surface area contributed by atoms with Crippen LogP contribution in [0.5, 0.6) is 0 Å². The van der Waals surface area contributed by atoms with E-state index in [1.165, 1.54) is 64.8 Å². The van der Waals surface area contributed by atoms with E-state index in [-0.39, 0.29) is 0 Å². The van der Waals surface area contributed by atoms with E-state index in [2.05, 4.69) is 56.2 Å². The zero-order valence-electron chi connectivity index (χ0n) is 17.3. The van der Waals surface area contributed by atoms with Crippen LogP contribution < -0.4 is 0 Å². The van der Waals surface area contributed by atoms with Gasteiger partial charge in [0.1, 0.15) is 0 Å². The maximum Gasteiger partial charge on any atom is 0.0198 e. The monoisotopic (exact) mass is 337 g/mol. The summed E-state index contributed by atoms with van der Waals surface area (Å²) in [7, 11) is 0. The molecule has 1 atom stereocenters. The molecule has 3 rings (SSSR count). The predicted molar refractivity (Wildman–Crippen MR) is 106 cm³/mol. The maximum atomic E-state index is 2.74. The number of hydrogen-bond acceptors (Lipinski definition) is 3. The Balaban J connectivity index is 0.000000185. The third kappa shape index (κ3) is 5.71. The highest BCUT2D eigenvalue weighted by Gasteiger charge is 2.32. The van der Waals surface area contributed by atoms with Crippen molar-refractivity contribution >= 4 is 0 Å². The van der Waals surface area contributed by atoms with Gasteiger partial charge < -0.3 is 4.90 Å². The first-order valence-corrected chi connectivity index (χ1v) is 10.6. The van der Waals surface area contributed by atoms with Gasteiger partial charge in [0.15, 0.2) is 0 Å². The molecule has 3 nitrogen and oxygen atoms in total. The van der Waals surface area contributed by atoms with Gasteiger partial charge in [0.2, 0.25) is 0 Å². The third-order valence-corrected chi connectivity index (χ3v) is 6.53. The molecule has 3 aliphatic rings. The van der Waals surface area contributed by atoms with Gasteiger partial charge in [-0.05, 0) is 79.3 Å². The van der Waals surface area contributed by atoms with Crippen molar-refractivity contribution in [2.24, 2.45) is 5.92 Å². The van der Waals surface area contributed by atoms with Crippen LogP contribution >= 0.6 is 0 Å². The van der Waals surface area contributed by atoms with Crippen LogP contribution in [0.2, 0.25) is 0 Å². The number of hydrogen-bond donors (Lipinski definition) is 0. The molecule has 1 saturated carbocycles. The first-order valence-electron chi connectivity index (χ1n) is 10.6. The summed E-state index contributed by atoms with van der Waals surface area (Å²) in [6, 6.07) is 3.18. The van der Waals surface area contributed by atoms with Crippen LogP contribution in [0.3, 0.4) is 0 Å². The van der Waals surface area contributed by atoms with Crippen LogP contribution in [0.1, 0.15) is 73.6 Å². The second-order valence-electron chi connectivity index (χ2n) is 9.07. The van der Waals surface area contributed by atoms with Crippen LogP contribution in [-0.4, -0.2) is 71.6 Å². The Morgan fingerprint density at radius 3 is 1.71 bits per heavy atom. The van der Waals surface area contributed by atoms with Crippen LogP contribution in [0.25, 0.3) is 0 Å². The van der Waals surface area contributed by atoms with E-state index in [4.69, 9.17) is 0 Å². The Labute approximate surface area is 151 Å². The summed E-state index contributed by atoms with van der Waals surface area (Å²) in [6.07, 6.45) is 7.16. The Morgan fingerprint density at radius 1 is 0.708 bits per heavy atom. The lowest BCUT2D eigenvalue weighted by molar-refractivity contribution is 0.00957. The number of piperazine rings is 1. The molecule has 3 heteroatoms. The second-order valence-corrected chi connectivity index (χ2v) is 9.07. The standard InChI is InChI=1S/C12H24N2.C9H19N/c1-10(2)13-7-8-14(11(3)9-13)12-5-4-6-12;1-8(2)10-6-4-9(3)5-7-10/h10-12H,4-9H2,1-3H3;8-9H,4-7H2,1-3H3. The molecule has 0 amide bonds. The van der Waals surface area contributed by atoms with E-state index in [9.17, 15) is 0 Å². The molecule has 0 aromatic carbocycles. The molecule has 2 aliphatic heterocycles. The number of likely N-dealkylation sites (tertiary alicyclic amines) is 1. The van der Waals surface area contributed by atoms with Gasteiger partial charge in [0, 0.05) is 43.8 Å². The van der Waals surface area contributed by atoms with Crippen LogP contribution in [0.4, 0.5) is 0 Å². The molecule has 0 aromatic rings. The quantitative estimate of drug-likeness (QED) is 0.768. The SMILES string of the molecule is CC(C)N1CCN(C2CCC2)C(C)C1.CC1CCN(C(C)C)CC1. The molecule has 1 unspecified atom stereocenters. The van der Waals surface area contributed by atoms with Crippen molar-refractivity contribution in [1.82, 2.24) is 14.7 Å². The largest absolute Gasteiger partial charge is 0.301 e. The molecule has 142 valence electrons. The maximum absolute atomic E-state index is 2.74. The molecule has 0 spiro atoms. The molecule has 0 N–H and O–H groups in total. The molecule has 3 fully saturated rings. The van der Waals surface area contributed by atoms with Crippen molar-refractivity contribution in [1.29, 1.82) is 0 Å². The minimum absolute atomic E-state index is 0.723. The summed E-state index contributed by atoms with van der Waals surface area (Å²) in [6.45, 7) is 20.4. The first kappa shape index (κ1) is 20.2. The molecule has 0 aromatic heterocycles. The van der Waals surface area contributed by atoms with Gasteiger partial charge in [0.25, 0.3) is 0 Å². The van der Waals surface area contributed by atoms with Crippen molar-refractivity contribution in [3.8, 4) is 0 Å². The Bertz CT molecular complexity index is 343. The van der Waals surface area contributed by atoms with Crippen molar-refractivity contribution in [3.05, 3.63) is 0 Å². The van der Waals surface area contributed by atoms with Gasteiger partial charge in [-0.3, -0.25) is 9.80 Å². The van der Waals surface area contributed by atoms with Gasteiger partial charge in [-0.1, -0.05) is 13.3 Å². The Kier molecular flexibility index (Phi) is 8.03. The molecule has 2 saturated heterocycles. The average Bonchev–Trinajstić information content (AvgIpc) is 2.48. The zero-order valence-corrected chi connectivity index (χ0v) is 17.3. The highest BCUT2D eigenvalue weighted by molar-refractivity contribution is 4.88. The topological polar surface area (TPSA) is 9.72 Å². The van der Waals surface area contributed by atoms with Crippen LogP contribution in [-0.2, 0) is 0 Å². The lowest BCUT2D eigenvalue weighted by Crippen LogP contribution is -2.58. The zero-order chi connectivity index (χ0) is 17.7. The number of rotatable bonds is 3. The Hall–Kier alpha value is -0.120. The highest BCUT2D eigenvalue weighted by atomic mass is 15.3. The molecular weight excluding hydrogens is 294 g/mol. The number of piperidine rings is 1. The fourth-order valence-corrected chi connectivity index (χ4v) is 4.27. The van der Waals surface area contributed by atoms with E-state index in [0.717, 1.165) is 30.1 Å². The van der Waals surface area contributed by atoms with Crippen molar-refractivity contribution < 1.29 is 0 Å². The molecule has 1 aliphatic carbocycles. The van der Waals surface area contributed by atoms with Crippen molar-refractivity contribution in [2.75, 3.05) is 32.7 Å². The van der Waals surface area contributed by atoms with Crippen molar-refractivity contribution in [3.63, 3.8) is 0 Å². The molecule has 0 radical (unpaired) electrons. The van der Waals surface area contributed by atoms with Gasteiger partial charge in [0.05, 0.1) is 0 Å². The molecule has 24 heavy (non-hydrogen) atoms. The summed E-state index contributed by atoms with van der Waals surface area (Å²) in [5.74, 6) is 0.968. The minimum atomic E-state index is 0.723. The fourth-order valence-electron chi connectivity index (χ4n) is 4.27. The smallest absolute Gasteiger partial charge is 0.0198 e. The Morgan fingerprint density at radius 2 is 1.29 bits per heavy atom. The fraction of sp³-hybridized carbons (Fsp3) is 1.00. The van der Waals surface area contributed by atoms with Gasteiger partial charge in [-0.25, -0.2) is 0 Å². The van der Waals surface area contributed by atoms with Gasteiger partial charge >= 0.3 is 0 Å². The van der Waals surface area contributed by atoms with Crippen LogP contribution in [0, 0.1) is 5.92 Å². The van der Waals surface area contributed by atoms with Gasteiger partial charge in [-0.2, -0.15) is 0 Å². The molecule has 0 bridgehead atoms. The van der Waals surface area contributed by atoms with E-state index < -0.39 is 0 Å². The second kappa shape index (κ2) is 9.54. The third-order valence-electron chi connectivity index (χ3n) is 6.53. The summed E-state index contributed by atoms with van der Waals surface area (Å²) >= 11 is 0. The first-order chi connectivity index (χ1) is 11.4. The summed E-state index contributed by atoms with van der Waals surface area (Å²) in [5.41, 5.74) is 0. The summed E-state index contributed by atoms with van der Waals surface area (Å²) in [5, 5.41) is 0. The van der Waals surface area contributed by atoms with E-state index in [1.54, 1.807) is 0 Å². The van der Waals surface area contributed by atoms with E-state index in [0.29, 0.717) is 0 Å².